The van der Waals surface area contributed by atoms with Gasteiger partial charge in [0.2, 0.25) is 0 Å². The van der Waals surface area contributed by atoms with E-state index in [9.17, 15) is 13.5 Å². The molecule has 1 aliphatic heterocycles. The van der Waals surface area contributed by atoms with Gasteiger partial charge in [0.15, 0.2) is 0 Å². The predicted molar refractivity (Wildman–Crippen MR) is 87.2 cm³/mol. The van der Waals surface area contributed by atoms with E-state index in [2.05, 4.69) is 4.98 Å². The first-order chi connectivity index (χ1) is 11.0. The first-order valence-electron chi connectivity index (χ1n) is 7.17. The third kappa shape index (κ3) is 2.80. The summed E-state index contributed by atoms with van der Waals surface area (Å²) in [6.07, 6.45) is 4.06. The Kier molecular flexibility index (Phi) is 4.06. The molecule has 3 N–H and O–H groups in total. The molecule has 0 aliphatic carbocycles. The number of hydrogen-bond acceptors (Lipinski definition) is 5. The fraction of sp³-hybridized carbons (Fsp3) is 0.188. The quantitative estimate of drug-likeness (QED) is 0.881. The molecule has 0 saturated carbocycles. The van der Waals surface area contributed by atoms with Gasteiger partial charge in [0.05, 0.1) is 11.0 Å². The highest BCUT2D eigenvalue weighted by Crippen LogP contribution is 2.31. The van der Waals surface area contributed by atoms with Crippen LogP contribution in [0.25, 0.3) is 0 Å². The number of aliphatic hydroxyl groups excluding tert-OH is 1. The van der Waals surface area contributed by atoms with Crippen molar-refractivity contribution in [3.8, 4) is 0 Å². The number of fused-ring (bicyclic) bond motifs is 1. The van der Waals surface area contributed by atoms with Crippen LogP contribution in [0, 0.1) is 0 Å². The third-order valence-electron chi connectivity index (χ3n) is 3.79. The van der Waals surface area contributed by atoms with Gasteiger partial charge in [-0.1, -0.05) is 18.2 Å². The van der Waals surface area contributed by atoms with Crippen molar-refractivity contribution in [2.45, 2.75) is 17.4 Å². The van der Waals surface area contributed by atoms with Crippen LogP contribution in [0.1, 0.15) is 17.2 Å². The molecule has 2 aromatic rings. The fourth-order valence-electron chi connectivity index (χ4n) is 2.59. The second kappa shape index (κ2) is 6.02. The molecule has 1 aliphatic rings. The highest BCUT2D eigenvalue weighted by Gasteiger charge is 2.31. The van der Waals surface area contributed by atoms with Gasteiger partial charge in [0.1, 0.15) is 5.82 Å². The number of pyridine rings is 1. The van der Waals surface area contributed by atoms with Gasteiger partial charge < -0.3 is 10.8 Å². The topological polar surface area (TPSA) is 96.5 Å². The summed E-state index contributed by atoms with van der Waals surface area (Å²) in [5, 5.41) is 9.82. The minimum Gasteiger partial charge on any atom is -0.405 e. The van der Waals surface area contributed by atoms with Gasteiger partial charge in [0, 0.05) is 12.7 Å². The van der Waals surface area contributed by atoms with Crippen molar-refractivity contribution in [3.63, 3.8) is 0 Å². The molecule has 2 heterocycles. The van der Waals surface area contributed by atoms with Gasteiger partial charge in [-0.2, -0.15) is 0 Å². The van der Waals surface area contributed by atoms with Crippen LogP contribution in [0.2, 0.25) is 0 Å². The predicted octanol–water partition coefficient (Wildman–Crippen LogP) is 1.34. The zero-order valence-electron chi connectivity index (χ0n) is 12.3. The lowest BCUT2D eigenvalue weighted by Gasteiger charge is -2.18. The minimum atomic E-state index is -3.66. The van der Waals surface area contributed by atoms with Gasteiger partial charge in [0.25, 0.3) is 10.0 Å². The molecular formula is C16H17N3O3S. The average Bonchev–Trinajstić information content (AvgIpc) is 3.00. The van der Waals surface area contributed by atoms with Gasteiger partial charge in [-0.05, 0) is 48.0 Å². The van der Waals surface area contributed by atoms with E-state index >= 15 is 0 Å². The number of rotatable bonds is 4. The number of benzene rings is 1. The van der Waals surface area contributed by atoms with Crippen molar-refractivity contribution >= 4 is 15.8 Å². The minimum absolute atomic E-state index is 0.170. The van der Waals surface area contributed by atoms with E-state index in [-0.39, 0.29) is 4.90 Å². The zero-order chi connectivity index (χ0) is 16.4. The molecule has 0 bridgehead atoms. The van der Waals surface area contributed by atoms with Crippen molar-refractivity contribution in [3.05, 3.63) is 66.0 Å². The van der Waals surface area contributed by atoms with Crippen LogP contribution >= 0.6 is 0 Å². The van der Waals surface area contributed by atoms with E-state index in [0.29, 0.717) is 24.3 Å². The molecule has 1 atom stereocenters. The SMILES string of the molecule is N/C=C/C(O)c1ccc(S(=O)(=O)N2CCc3cccnc32)cc1. The summed E-state index contributed by atoms with van der Waals surface area (Å²) in [5.41, 5.74) is 6.75. The third-order valence-corrected chi connectivity index (χ3v) is 5.59. The van der Waals surface area contributed by atoms with Crippen LogP contribution in [0.3, 0.4) is 0 Å². The second-order valence-corrected chi connectivity index (χ2v) is 7.07. The molecule has 0 spiro atoms. The monoisotopic (exact) mass is 331 g/mol. The molecule has 0 amide bonds. The highest BCUT2D eigenvalue weighted by molar-refractivity contribution is 7.92. The summed E-state index contributed by atoms with van der Waals surface area (Å²) in [4.78, 5) is 4.36. The molecule has 6 nitrogen and oxygen atoms in total. The maximum Gasteiger partial charge on any atom is 0.265 e. The standard InChI is InChI=1S/C16H17N3O3S/c17-9-7-15(20)12-3-5-14(6-4-12)23(21,22)19-11-8-13-2-1-10-18-16(13)19/h1-7,9-10,15,20H,8,11,17H2/b9-7+. The van der Waals surface area contributed by atoms with Gasteiger partial charge >= 0.3 is 0 Å². The lowest BCUT2D eigenvalue weighted by molar-refractivity contribution is 0.228. The Balaban J connectivity index is 1.92. The summed E-state index contributed by atoms with van der Waals surface area (Å²) in [6, 6.07) is 9.81. The molecule has 23 heavy (non-hydrogen) atoms. The summed E-state index contributed by atoms with van der Waals surface area (Å²) in [5.74, 6) is 0.489. The van der Waals surface area contributed by atoms with Crippen molar-refractivity contribution in [1.29, 1.82) is 0 Å². The largest absolute Gasteiger partial charge is 0.405 e. The Hall–Kier alpha value is -2.38. The average molecular weight is 331 g/mol. The van der Waals surface area contributed by atoms with Gasteiger partial charge in [-0.3, -0.25) is 0 Å². The van der Waals surface area contributed by atoms with Crippen molar-refractivity contribution in [2.75, 3.05) is 10.8 Å². The van der Waals surface area contributed by atoms with Crippen LogP contribution in [-0.2, 0) is 16.4 Å². The lowest BCUT2D eigenvalue weighted by atomic mass is 10.1. The first kappa shape index (κ1) is 15.5. The molecule has 1 unspecified atom stereocenters. The van der Waals surface area contributed by atoms with E-state index < -0.39 is 16.1 Å². The Bertz CT molecular complexity index is 832. The molecular weight excluding hydrogens is 314 g/mol. The molecule has 0 fully saturated rings. The maximum absolute atomic E-state index is 12.8. The van der Waals surface area contributed by atoms with Crippen molar-refractivity contribution in [1.82, 2.24) is 4.98 Å². The Morgan fingerprint density at radius 1 is 1.26 bits per heavy atom. The van der Waals surface area contributed by atoms with Crippen LogP contribution < -0.4 is 10.0 Å². The molecule has 120 valence electrons. The zero-order valence-corrected chi connectivity index (χ0v) is 13.1. The summed E-state index contributed by atoms with van der Waals surface area (Å²) < 4.78 is 26.9. The van der Waals surface area contributed by atoms with E-state index in [0.717, 1.165) is 5.56 Å². The Labute approximate surface area is 134 Å². The molecule has 1 aromatic carbocycles. The summed E-state index contributed by atoms with van der Waals surface area (Å²) >= 11 is 0. The number of hydrogen-bond donors (Lipinski definition) is 2. The van der Waals surface area contributed by atoms with Gasteiger partial charge in [-0.25, -0.2) is 17.7 Å². The molecule has 0 radical (unpaired) electrons. The number of aliphatic hydroxyl groups is 1. The first-order valence-corrected chi connectivity index (χ1v) is 8.61. The summed E-state index contributed by atoms with van der Waals surface area (Å²) in [6.45, 7) is 0.384. The van der Waals surface area contributed by atoms with Crippen LogP contribution in [0.5, 0.6) is 0 Å². The van der Waals surface area contributed by atoms with Crippen molar-refractivity contribution < 1.29 is 13.5 Å². The normalized spacial score (nSPS) is 15.8. The molecule has 1 aromatic heterocycles. The van der Waals surface area contributed by atoms with Crippen LogP contribution in [0.15, 0.2) is 59.8 Å². The van der Waals surface area contributed by atoms with Gasteiger partial charge in [-0.15, -0.1) is 0 Å². The lowest BCUT2D eigenvalue weighted by Crippen LogP contribution is -2.29. The smallest absolute Gasteiger partial charge is 0.265 e. The second-order valence-electron chi connectivity index (χ2n) is 5.21. The van der Waals surface area contributed by atoms with E-state index in [1.807, 2.05) is 6.07 Å². The number of sulfonamides is 1. The summed E-state index contributed by atoms with van der Waals surface area (Å²) in [7, 11) is -3.66. The van der Waals surface area contributed by atoms with E-state index in [1.54, 1.807) is 24.4 Å². The van der Waals surface area contributed by atoms with Crippen LogP contribution in [-0.4, -0.2) is 25.1 Å². The molecule has 7 heteroatoms. The Morgan fingerprint density at radius 3 is 2.70 bits per heavy atom. The molecule has 0 saturated heterocycles. The highest BCUT2D eigenvalue weighted by atomic mass is 32.2. The fourth-order valence-corrected chi connectivity index (χ4v) is 4.05. The Morgan fingerprint density at radius 2 is 2.00 bits per heavy atom. The molecule has 3 rings (SSSR count). The number of nitrogens with two attached hydrogens (primary N) is 1. The van der Waals surface area contributed by atoms with E-state index in [4.69, 9.17) is 5.73 Å². The maximum atomic E-state index is 12.8. The van der Waals surface area contributed by atoms with Crippen LogP contribution in [0.4, 0.5) is 5.82 Å². The number of aromatic nitrogens is 1. The van der Waals surface area contributed by atoms with E-state index in [1.165, 1.54) is 28.7 Å². The number of anilines is 1. The van der Waals surface area contributed by atoms with Crippen molar-refractivity contribution in [2.24, 2.45) is 5.73 Å². The number of nitrogens with zero attached hydrogens (tertiary/aromatic N) is 2.